The van der Waals surface area contributed by atoms with Gasteiger partial charge in [-0.1, -0.05) is 36.4 Å². The molecule has 5 heteroatoms. The summed E-state index contributed by atoms with van der Waals surface area (Å²) in [5, 5.41) is 5.56. The third kappa shape index (κ3) is 4.52. The van der Waals surface area contributed by atoms with Crippen LogP contribution in [0.25, 0.3) is 11.3 Å². The first-order valence-corrected chi connectivity index (χ1v) is 9.13. The minimum atomic E-state index is 0.0439. The van der Waals surface area contributed by atoms with Crippen molar-refractivity contribution in [2.24, 2.45) is 5.92 Å². The second-order valence-electron chi connectivity index (χ2n) is 6.00. The van der Waals surface area contributed by atoms with Crippen LogP contribution in [0.3, 0.4) is 0 Å². The van der Waals surface area contributed by atoms with E-state index in [2.05, 4.69) is 46.7 Å². The van der Waals surface area contributed by atoms with Crippen LogP contribution in [0.4, 0.5) is 5.13 Å². The van der Waals surface area contributed by atoms with Gasteiger partial charge in [-0.3, -0.25) is 4.79 Å². The molecule has 0 aliphatic heterocycles. The largest absolute Gasteiger partial charge is 0.384 e. The van der Waals surface area contributed by atoms with Crippen LogP contribution in [0.2, 0.25) is 0 Å². The van der Waals surface area contributed by atoms with Gasteiger partial charge < -0.3 is 10.1 Å². The Hall–Kier alpha value is -1.98. The molecule has 0 saturated heterocycles. The summed E-state index contributed by atoms with van der Waals surface area (Å²) in [5.41, 5.74) is 3.20. The molecule has 4 nitrogen and oxygen atoms in total. The predicted octanol–water partition coefficient (Wildman–Crippen LogP) is 4.29. The summed E-state index contributed by atoms with van der Waals surface area (Å²) in [6, 6.07) is 8.32. The number of aromatic nitrogens is 1. The van der Waals surface area contributed by atoms with Gasteiger partial charge in [0.1, 0.15) is 0 Å². The summed E-state index contributed by atoms with van der Waals surface area (Å²) in [5.74, 6) is 0.423. The molecule has 126 valence electrons. The second kappa shape index (κ2) is 8.22. The number of benzene rings is 1. The second-order valence-corrected chi connectivity index (χ2v) is 6.85. The SMILES string of the molecule is COCCc1ccc(-c2csc(NC(=O)C[C@H]3C=CCC3)n2)cc1. The van der Waals surface area contributed by atoms with Crippen LogP contribution in [-0.4, -0.2) is 24.6 Å². The van der Waals surface area contributed by atoms with Gasteiger partial charge >= 0.3 is 0 Å². The molecule has 1 aromatic heterocycles. The number of nitrogens with zero attached hydrogens (tertiary/aromatic N) is 1. The van der Waals surface area contributed by atoms with Gasteiger partial charge in [0.2, 0.25) is 5.91 Å². The van der Waals surface area contributed by atoms with Gasteiger partial charge in [0, 0.05) is 24.5 Å². The molecule has 0 unspecified atom stereocenters. The molecule has 0 saturated carbocycles. The number of thiazole rings is 1. The number of nitrogens with one attached hydrogen (secondary N) is 1. The zero-order chi connectivity index (χ0) is 16.8. The van der Waals surface area contributed by atoms with E-state index in [4.69, 9.17) is 4.74 Å². The molecular weight excluding hydrogens is 320 g/mol. The number of ether oxygens (including phenoxy) is 1. The van der Waals surface area contributed by atoms with E-state index in [1.54, 1.807) is 7.11 Å². The highest BCUT2D eigenvalue weighted by Gasteiger charge is 2.15. The van der Waals surface area contributed by atoms with Gasteiger partial charge in [0.15, 0.2) is 5.13 Å². The lowest BCUT2D eigenvalue weighted by atomic mass is 10.1. The van der Waals surface area contributed by atoms with Gasteiger partial charge in [-0.25, -0.2) is 4.98 Å². The number of anilines is 1. The Bertz CT molecular complexity index is 706. The van der Waals surface area contributed by atoms with Crippen LogP contribution in [0, 0.1) is 5.92 Å². The Morgan fingerprint density at radius 1 is 1.38 bits per heavy atom. The van der Waals surface area contributed by atoms with E-state index in [-0.39, 0.29) is 5.91 Å². The molecule has 1 amide bonds. The van der Waals surface area contributed by atoms with Gasteiger partial charge in [-0.05, 0) is 30.7 Å². The van der Waals surface area contributed by atoms with E-state index >= 15 is 0 Å². The number of hydrogen-bond donors (Lipinski definition) is 1. The van der Waals surface area contributed by atoms with E-state index in [9.17, 15) is 4.79 Å². The molecule has 0 fully saturated rings. The molecule has 1 heterocycles. The van der Waals surface area contributed by atoms with Crippen molar-refractivity contribution in [2.75, 3.05) is 19.0 Å². The fourth-order valence-corrected chi connectivity index (χ4v) is 3.54. The zero-order valence-electron chi connectivity index (χ0n) is 13.8. The number of amides is 1. The van der Waals surface area contributed by atoms with Crippen molar-refractivity contribution in [1.82, 2.24) is 4.98 Å². The first-order chi connectivity index (χ1) is 11.7. The summed E-state index contributed by atoms with van der Waals surface area (Å²) in [7, 11) is 1.71. The number of hydrogen-bond acceptors (Lipinski definition) is 4. The van der Waals surface area contributed by atoms with E-state index in [0.717, 1.165) is 37.1 Å². The maximum atomic E-state index is 12.1. The van der Waals surface area contributed by atoms with Crippen molar-refractivity contribution in [3.8, 4) is 11.3 Å². The molecule has 1 aliphatic carbocycles. The van der Waals surface area contributed by atoms with Crippen LogP contribution in [0.15, 0.2) is 41.8 Å². The van der Waals surface area contributed by atoms with Crippen molar-refractivity contribution in [2.45, 2.75) is 25.7 Å². The monoisotopic (exact) mass is 342 g/mol. The van der Waals surface area contributed by atoms with Crippen molar-refractivity contribution >= 4 is 22.4 Å². The molecule has 1 aromatic carbocycles. The average molecular weight is 342 g/mol. The quantitative estimate of drug-likeness (QED) is 0.764. The molecule has 1 aliphatic rings. The number of carbonyl (C=O) groups is 1. The molecule has 0 radical (unpaired) electrons. The van der Waals surface area contributed by atoms with E-state index in [1.165, 1.54) is 16.9 Å². The van der Waals surface area contributed by atoms with E-state index < -0.39 is 0 Å². The highest BCUT2D eigenvalue weighted by atomic mass is 32.1. The Balaban J connectivity index is 1.58. The van der Waals surface area contributed by atoms with Crippen LogP contribution in [-0.2, 0) is 16.0 Å². The lowest BCUT2D eigenvalue weighted by molar-refractivity contribution is -0.116. The number of carbonyl (C=O) groups excluding carboxylic acids is 1. The fraction of sp³-hybridized carbons (Fsp3) is 0.368. The first kappa shape index (κ1) is 16.9. The van der Waals surface area contributed by atoms with Crippen molar-refractivity contribution in [3.63, 3.8) is 0 Å². The van der Waals surface area contributed by atoms with Gasteiger partial charge in [0.05, 0.1) is 12.3 Å². The highest BCUT2D eigenvalue weighted by molar-refractivity contribution is 7.14. The molecule has 24 heavy (non-hydrogen) atoms. The smallest absolute Gasteiger partial charge is 0.226 e. The summed E-state index contributed by atoms with van der Waals surface area (Å²) in [6.07, 6.45) is 7.89. The average Bonchev–Trinajstić information content (AvgIpc) is 3.25. The standard InChI is InChI=1S/C19H22N2O2S/c1-23-11-10-14-6-8-16(9-7-14)17-13-24-19(20-17)21-18(22)12-15-4-2-3-5-15/h2,4,6-9,13,15H,3,5,10-12H2,1H3,(H,20,21,22)/t15-/m0/s1. The molecule has 0 spiro atoms. The Morgan fingerprint density at radius 3 is 2.92 bits per heavy atom. The third-order valence-corrected chi connectivity index (χ3v) is 4.91. The molecule has 3 rings (SSSR count). The van der Waals surface area contributed by atoms with Crippen molar-refractivity contribution < 1.29 is 9.53 Å². The Labute approximate surface area is 146 Å². The van der Waals surface area contributed by atoms with Crippen LogP contribution in [0.5, 0.6) is 0 Å². The van der Waals surface area contributed by atoms with Crippen LogP contribution in [0.1, 0.15) is 24.8 Å². The zero-order valence-corrected chi connectivity index (χ0v) is 14.6. The fourth-order valence-electron chi connectivity index (χ4n) is 2.80. The minimum Gasteiger partial charge on any atom is -0.384 e. The van der Waals surface area contributed by atoms with Crippen molar-refractivity contribution in [3.05, 3.63) is 47.4 Å². The van der Waals surface area contributed by atoms with Gasteiger partial charge in [-0.2, -0.15) is 0 Å². The highest BCUT2D eigenvalue weighted by Crippen LogP contribution is 2.26. The third-order valence-electron chi connectivity index (χ3n) is 4.16. The molecule has 1 N–H and O–H groups in total. The Kier molecular flexibility index (Phi) is 5.77. The molecule has 0 bridgehead atoms. The summed E-state index contributed by atoms with van der Waals surface area (Å²) < 4.78 is 5.09. The number of rotatable bonds is 7. The van der Waals surface area contributed by atoms with Gasteiger partial charge in [-0.15, -0.1) is 11.3 Å². The topological polar surface area (TPSA) is 51.2 Å². The molecule has 1 atom stereocenters. The summed E-state index contributed by atoms with van der Waals surface area (Å²) in [4.78, 5) is 16.6. The van der Waals surface area contributed by atoms with Gasteiger partial charge in [0.25, 0.3) is 0 Å². The van der Waals surface area contributed by atoms with Crippen LogP contribution < -0.4 is 5.32 Å². The normalized spacial score (nSPS) is 16.5. The van der Waals surface area contributed by atoms with E-state index in [0.29, 0.717) is 17.5 Å². The predicted molar refractivity (Wildman–Crippen MR) is 98.2 cm³/mol. The first-order valence-electron chi connectivity index (χ1n) is 8.25. The summed E-state index contributed by atoms with van der Waals surface area (Å²) >= 11 is 1.47. The maximum absolute atomic E-state index is 12.1. The minimum absolute atomic E-state index is 0.0439. The molecular formula is C19H22N2O2S. The lowest BCUT2D eigenvalue weighted by Crippen LogP contribution is -2.14. The number of allylic oxidation sites excluding steroid dienone is 2. The van der Waals surface area contributed by atoms with Crippen LogP contribution >= 0.6 is 11.3 Å². The lowest BCUT2D eigenvalue weighted by Gasteiger charge is -2.06. The van der Waals surface area contributed by atoms with E-state index in [1.807, 2.05) is 5.38 Å². The van der Waals surface area contributed by atoms with Crippen molar-refractivity contribution in [1.29, 1.82) is 0 Å². The maximum Gasteiger partial charge on any atom is 0.226 e. The summed E-state index contributed by atoms with van der Waals surface area (Å²) in [6.45, 7) is 0.725. The molecule has 2 aromatic rings. The number of methoxy groups -OCH3 is 1. The Morgan fingerprint density at radius 2 is 2.21 bits per heavy atom.